The van der Waals surface area contributed by atoms with Crippen LogP contribution in [0.25, 0.3) is 11.4 Å². The summed E-state index contributed by atoms with van der Waals surface area (Å²) in [5.41, 5.74) is 7.15. The van der Waals surface area contributed by atoms with Crippen LogP contribution in [0.3, 0.4) is 0 Å². The van der Waals surface area contributed by atoms with Gasteiger partial charge in [-0.3, -0.25) is 5.10 Å². The molecular weight excluding hydrogens is 330 g/mol. The molecule has 21 heavy (non-hydrogen) atoms. The molecule has 6 heteroatoms. The monoisotopic (exact) mass is 349 g/mol. The van der Waals surface area contributed by atoms with E-state index in [4.69, 9.17) is 5.73 Å². The predicted octanol–water partition coefficient (Wildman–Crippen LogP) is 2.80. The Morgan fingerprint density at radius 1 is 1.33 bits per heavy atom. The minimum atomic E-state index is 0.262. The van der Waals surface area contributed by atoms with Crippen LogP contribution in [-0.4, -0.2) is 34.8 Å². The molecule has 5 nitrogen and oxygen atoms in total. The third-order valence-corrected chi connectivity index (χ3v) is 5.04. The number of piperidine rings is 1. The summed E-state index contributed by atoms with van der Waals surface area (Å²) in [5.74, 6) is 1.57. The van der Waals surface area contributed by atoms with E-state index in [1.54, 1.807) is 0 Å². The number of aromatic nitrogens is 3. The first-order valence-corrected chi connectivity index (χ1v) is 8.03. The van der Waals surface area contributed by atoms with Crippen molar-refractivity contribution in [2.75, 3.05) is 24.5 Å². The molecule has 3 rings (SSSR count). The number of nitrogens with two attached hydrogens (primary N) is 1. The highest BCUT2D eigenvalue weighted by molar-refractivity contribution is 9.10. The number of aromatic amines is 1. The number of rotatable bonds is 3. The molecule has 2 heterocycles. The molecule has 112 valence electrons. The number of halogens is 1. The standard InChI is InChI=1S/C15H20BrN5/c1-15(10-17)6-8-21(9-7-15)14-18-13(19-20-14)11-4-2-3-5-12(11)16/h2-5H,6-10,17H2,1H3,(H,18,19,20). The van der Waals surface area contributed by atoms with Crippen LogP contribution in [0.2, 0.25) is 0 Å². The van der Waals surface area contributed by atoms with Gasteiger partial charge in [-0.2, -0.15) is 4.98 Å². The second-order valence-electron chi connectivity index (χ2n) is 5.97. The molecule has 0 radical (unpaired) electrons. The van der Waals surface area contributed by atoms with E-state index in [0.717, 1.165) is 54.3 Å². The molecule has 0 amide bonds. The molecule has 1 aliphatic heterocycles. The highest BCUT2D eigenvalue weighted by Gasteiger charge is 2.30. The molecule has 1 aliphatic rings. The Morgan fingerprint density at radius 2 is 2.05 bits per heavy atom. The van der Waals surface area contributed by atoms with Crippen molar-refractivity contribution in [2.24, 2.45) is 11.1 Å². The Bertz CT molecular complexity index is 616. The first-order valence-electron chi connectivity index (χ1n) is 7.24. The molecule has 1 aromatic heterocycles. The fraction of sp³-hybridized carbons (Fsp3) is 0.467. The Balaban J connectivity index is 1.76. The maximum Gasteiger partial charge on any atom is 0.245 e. The highest BCUT2D eigenvalue weighted by Crippen LogP contribution is 2.32. The quantitative estimate of drug-likeness (QED) is 0.893. The van der Waals surface area contributed by atoms with E-state index in [0.29, 0.717) is 0 Å². The number of nitrogens with one attached hydrogen (secondary N) is 1. The van der Waals surface area contributed by atoms with E-state index in [9.17, 15) is 0 Å². The van der Waals surface area contributed by atoms with E-state index in [-0.39, 0.29) is 5.41 Å². The van der Waals surface area contributed by atoms with Crippen molar-refractivity contribution in [1.29, 1.82) is 0 Å². The van der Waals surface area contributed by atoms with Gasteiger partial charge < -0.3 is 10.6 Å². The Morgan fingerprint density at radius 3 is 2.71 bits per heavy atom. The molecule has 3 N–H and O–H groups in total. The van der Waals surface area contributed by atoms with Crippen molar-refractivity contribution >= 4 is 21.9 Å². The van der Waals surface area contributed by atoms with Gasteiger partial charge in [-0.1, -0.05) is 41.1 Å². The van der Waals surface area contributed by atoms with Gasteiger partial charge in [0, 0.05) is 23.1 Å². The second-order valence-corrected chi connectivity index (χ2v) is 6.82. The van der Waals surface area contributed by atoms with Crippen molar-refractivity contribution in [3.05, 3.63) is 28.7 Å². The van der Waals surface area contributed by atoms with Crippen LogP contribution in [0.4, 0.5) is 5.95 Å². The van der Waals surface area contributed by atoms with Gasteiger partial charge in [0.05, 0.1) is 0 Å². The van der Waals surface area contributed by atoms with E-state index in [2.05, 4.69) is 42.9 Å². The molecule has 0 saturated carbocycles. The molecule has 0 bridgehead atoms. The van der Waals surface area contributed by atoms with Gasteiger partial charge >= 0.3 is 0 Å². The van der Waals surface area contributed by atoms with Crippen molar-refractivity contribution in [3.8, 4) is 11.4 Å². The Labute approximate surface area is 133 Å². The second kappa shape index (κ2) is 5.77. The van der Waals surface area contributed by atoms with Crippen LogP contribution < -0.4 is 10.6 Å². The molecule has 2 aromatic rings. The fourth-order valence-corrected chi connectivity index (χ4v) is 3.09. The summed E-state index contributed by atoms with van der Waals surface area (Å²) in [4.78, 5) is 6.87. The normalized spacial score (nSPS) is 18.0. The van der Waals surface area contributed by atoms with Gasteiger partial charge in [0.15, 0.2) is 5.82 Å². The van der Waals surface area contributed by atoms with Crippen LogP contribution in [0.5, 0.6) is 0 Å². The zero-order chi connectivity index (χ0) is 14.9. The van der Waals surface area contributed by atoms with Gasteiger partial charge in [-0.25, -0.2) is 0 Å². The summed E-state index contributed by atoms with van der Waals surface area (Å²) < 4.78 is 1.02. The average Bonchev–Trinajstić information content (AvgIpc) is 2.98. The van der Waals surface area contributed by atoms with E-state index in [1.807, 2.05) is 24.3 Å². The van der Waals surface area contributed by atoms with Gasteiger partial charge in [-0.15, -0.1) is 5.10 Å². The summed E-state index contributed by atoms with van der Waals surface area (Å²) in [5, 5.41) is 7.41. The third-order valence-electron chi connectivity index (χ3n) is 4.35. The first-order chi connectivity index (χ1) is 10.1. The number of H-pyrrole nitrogens is 1. The Hall–Kier alpha value is -1.40. The maximum atomic E-state index is 5.86. The predicted molar refractivity (Wildman–Crippen MR) is 88.1 cm³/mol. The SMILES string of the molecule is CC1(CN)CCN(c2n[nH]c(-c3ccccc3Br)n2)CC1. The number of hydrogen-bond acceptors (Lipinski definition) is 4. The average molecular weight is 350 g/mol. The Kier molecular flexibility index (Phi) is 3.99. The lowest BCUT2D eigenvalue weighted by Gasteiger charge is -2.38. The molecular formula is C15H20BrN5. The highest BCUT2D eigenvalue weighted by atomic mass is 79.9. The largest absolute Gasteiger partial charge is 0.339 e. The van der Waals surface area contributed by atoms with Crippen molar-refractivity contribution < 1.29 is 0 Å². The van der Waals surface area contributed by atoms with Crippen molar-refractivity contribution in [1.82, 2.24) is 15.2 Å². The minimum Gasteiger partial charge on any atom is -0.339 e. The molecule has 1 fully saturated rings. The van der Waals surface area contributed by atoms with Crippen LogP contribution in [0, 0.1) is 5.41 Å². The van der Waals surface area contributed by atoms with Crippen LogP contribution >= 0.6 is 15.9 Å². The van der Waals surface area contributed by atoms with Crippen LogP contribution in [-0.2, 0) is 0 Å². The summed E-state index contributed by atoms with van der Waals surface area (Å²) in [6.07, 6.45) is 2.17. The number of benzene rings is 1. The molecule has 0 spiro atoms. The minimum absolute atomic E-state index is 0.262. The van der Waals surface area contributed by atoms with Gasteiger partial charge in [0.1, 0.15) is 0 Å². The van der Waals surface area contributed by atoms with Crippen LogP contribution in [0.1, 0.15) is 19.8 Å². The van der Waals surface area contributed by atoms with Crippen molar-refractivity contribution in [3.63, 3.8) is 0 Å². The topological polar surface area (TPSA) is 70.8 Å². The van der Waals surface area contributed by atoms with Gasteiger partial charge in [0.2, 0.25) is 5.95 Å². The molecule has 1 saturated heterocycles. The van der Waals surface area contributed by atoms with Gasteiger partial charge in [-0.05, 0) is 30.9 Å². The summed E-state index contributed by atoms with van der Waals surface area (Å²) in [6, 6.07) is 8.01. The number of anilines is 1. The zero-order valence-electron chi connectivity index (χ0n) is 12.1. The molecule has 0 aliphatic carbocycles. The molecule has 0 unspecified atom stereocenters. The smallest absolute Gasteiger partial charge is 0.245 e. The number of hydrogen-bond donors (Lipinski definition) is 2. The lowest BCUT2D eigenvalue weighted by Crippen LogP contribution is -2.42. The fourth-order valence-electron chi connectivity index (χ4n) is 2.62. The summed E-state index contributed by atoms with van der Waals surface area (Å²) in [7, 11) is 0. The zero-order valence-corrected chi connectivity index (χ0v) is 13.7. The third kappa shape index (κ3) is 2.96. The number of nitrogens with zero attached hydrogens (tertiary/aromatic N) is 3. The lowest BCUT2D eigenvalue weighted by molar-refractivity contribution is 0.257. The lowest BCUT2D eigenvalue weighted by atomic mass is 9.81. The summed E-state index contributed by atoms with van der Waals surface area (Å²) in [6.45, 7) is 4.92. The maximum absolute atomic E-state index is 5.86. The molecule has 1 aromatic carbocycles. The summed E-state index contributed by atoms with van der Waals surface area (Å²) >= 11 is 3.55. The molecule has 0 atom stereocenters. The first kappa shape index (κ1) is 14.5. The van der Waals surface area contributed by atoms with E-state index in [1.165, 1.54) is 0 Å². The van der Waals surface area contributed by atoms with E-state index >= 15 is 0 Å². The van der Waals surface area contributed by atoms with Gasteiger partial charge in [0.25, 0.3) is 0 Å². The van der Waals surface area contributed by atoms with Crippen molar-refractivity contribution in [2.45, 2.75) is 19.8 Å². The van der Waals surface area contributed by atoms with E-state index < -0.39 is 0 Å². The van der Waals surface area contributed by atoms with Crippen LogP contribution in [0.15, 0.2) is 28.7 Å².